The Kier molecular flexibility index (Phi) is 3.80. The summed E-state index contributed by atoms with van der Waals surface area (Å²) in [6.07, 6.45) is 9.87. The zero-order valence-electron chi connectivity index (χ0n) is 8.23. The zero-order chi connectivity index (χ0) is 8.86. The van der Waals surface area contributed by atoms with Crippen LogP contribution in [0.1, 0.15) is 45.4 Å². The Bertz CT molecular complexity index is 132. The van der Waals surface area contributed by atoms with Gasteiger partial charge in [0.1, 0.15) is 0 Å². The van der Waals surface area contributed by atoms with Crippen LogP contribution in [0.5, 0.6) is 0 Å². The highest BCUT2D eigenvalue weighted by Crippen LogP contribution is 2.25. The molecule has 0 aliphatic carbocycles. The molecule has 0 bridgehead atoms. The number of rotatable bonds is 3. The molecule has 1 fully saturated rings. The van der Waals surface area contributed by atoms with E-state index in [2.05, 4.69) is 24.9 Å². The highest BCUT2D eigenvalue weighted by atomic mass is 15.0. The molecule has 70 valence electrons. The van der Waals surface area contributed by atoms with Crippen LogP contribution in [0, 0.1) is 0 Å². The smallest absolute Gasteiger partial charge is 0.0213 e. The first kappa shape index (κ1) is 9.79. The number of nitrogens with one attached hydrogen (secondary N) is 1. The third-order valence-electron chi connectivity index (χ3n) is 3.04. The summed E-state index contributed by atoms with van der Waals surface area (Å²) in [5, 5.41) is 3.67. The molecule has 0 aromatic rings. The molecular weight excluding hydrogens is 146 g/mol. The second-order valence-corrected chi connectivity index (χ2v) is 3.86. The summed E-state index contributed by atoms with van der Waals surface area (Å²) in [6.45, 7) is 7.31. The summed E-state index contributed by atoms with van der Waals surface area (Å²) < 4.78 is 0. The fraction of sp³-hybridized carbons (Fsp3) is 0.818. The lowest BCUT2D eigenvalue weighted by Crippen LogP contribution is -2.43. The van der Waals surface area contributed by atoms with Gasteiger partial charge >= 0.3 is 0 Å². The van der Waals surface area contributed by atoms with Gasteiger partial charge in [0, 0.05) is 5.54 Å². The van der Waals surface area contributed by atoms with Gasteiger partial charge in [-0.05, 0) is 32.2 Å². The van der Waals surface area contributed by atoms with E-state index in [0.29, 0.717) is 5.54 Å². The monoisotopic (exact) mass is 167 g/mol. The Morgan fingerprint density at radius 3 is 2.92 bits per heavy atom. The standard InChI is InChI=1S/C11H21N/c1-3-8-11(4-2)9-6-5-7-10-12-11/h3,12H,1,4-10H2,2H3. The van der Waals surface area contributed by atoms with Crippen LogP contribution in [0.2, 0.25) is 0 Å². The Morgan fingerprint density at radius 2 is 2.25 bits per heavy atom. The van der Waals surface area contributed by atoms with E-state index in [1.54, 1.807) is 0 Å². The van der Waals surface area contributed by atoms with Crippen molar-refractivity contribution in [2.45, 2.75) is 51.0 Å². The molecule has 1 unspecified atom stereocenters. The molecule has 0 aromatic heterocycles. The summed E-state index contributed by atoms with van der Waals surface area (Å²) in [4.78, 5) is 0. The van der Waals surface area contributed by atoms with Crippen molar-refractivity contribution in [3.05, 3.63) is 12.7 Å². The van der Waals surface area contributed by atoms with Gasteiger partial charge in [0.15, 0.2) is 0 Å². The van der Waals surface area contributed by atoms with Crippen LogP contribution in [-0.2, 0) is 0 Å². The van der Waals surface area contributed by atoms with Crippen molar-refractivity contribution in [1.82, 2.24) is 5.32 Å². The van der Waals surface area contributed by atoms with E-state index in [4.69, 9.17) is 0 Å². The fourth-order valence-corrected chi connectivity index (χ4v) is 2.10. The summed E-state index contributed by atoms with van der Waals surface area (Å²) in [5.74, 6) is 0. The van der Waals surface area contributed by atoms with E-state index in [0.717, 1.165) is 6.42 Å². The normalized spacial score (nSPS) is 31.1. The quantitative estimate of drug-likeness (QED) is 0.637. The molecule has 0 radical (unpaired) electrons. The molecular formula is C11H21N. The van der Waals surface area contributed by atoms with Crippen molar-refractivity contribution >= 4 is 0 Å². The Hall–Kier alpha value is -0.300. The molecule has 1 saturated heterocycles. The minimum absolute atomic E-state index is 0.387. The van der Waals surface area contributed by atoms with Gasteiger partial charge in [-0.1, -0.05) is 25.8 Å². The van der Waals surface area contributed by atoms with Crippen molar-refractivity contribution in [2.75, 3.05) is 6.54 Å². The van der Waals surface area contributed by atoms with Crippen LogP contribution >= 0.6 is 0 Å². The molecule has 1 aliphatic rings. The largest absolute Gasteiger partial charge is 0.311 e. The first-order valence-electron chi connectivity index (χ1n) is 5.19. The highest BCUT2D eigenvalue weighted by Gasteiger charge is 2.26. The van der Waals surface area contributed by atoms with Gasteiger partial charge in [-0.2, -0.15) is 0 Å². The second kappa shape index (κ2) is 4.66. The molecule has 1 heterocycles. The van der Waals surface area contributed by atoms with Crippen molar-refractivity contribution in [3.63, 3.8) is 0 Å². The van der Waals surface area contributed by atoms with Gasteiger partial charge < -0.3 is 5.32 Å². The third-order valence-corrected chi connectivity index (χ3v) is 3.04. The fourth-order valence-electron chi connectivity index (χ4n) is 2.10. The Labute approximate surface area is 76.2 Å². The van der Waals surface area contributed by atoms with Gasteiger partial charge in [0.05, 0.1) is 0 Å². The van der Waals surface area contributed by atoms with Gasteiger partial charge in [-0.3, -0.25) is 0 Å². The number of hydrogen-bond acceptors (Lipinski definition) is 1. The first-order valence-corrected chi connectivity index (χ1v) is 5.19. The van der Waals surface area contributed by atoms with E-state index < -0.39 is 0 Å². The average Bonchev–Trinajstić information content (AvgIpc) is 2.32. The van der Waals surface area contributed by atoms with Crippen molar-refractivity contribution in [1.29, 1.82) is 0 Å². The van der Waals surface area contributed by atoms with Crippen LogP contribution in [0.4, 0.5) is 0 Å². The summed E-state index contributed by atoms with van der Waals surface area (Å²) in [7, 11) is 0. The molecule has 1 aliphatic heterocycles. The average molecular weight is 167 g/mol. The Morgan fingerprint density at radius 1 is 1.42 bits per heavy atom. The van der Waals surface area contributed by atoms with Crippen molar-refractivity contribution in [2.24, 2.45) is 0 Å². The van der Waals surface area contributed by atoms with Crippen LogP contribution < -0.4 is 5.32 Å². The lowest BCUT2D eigenvalue weighted by atomic mass is 9.87. The van der Waals surface area contributed by atoms with Crippen molar-refractivity contribution in [3.8, 4) is 0 Å². The zero-order valence-corrected chi connectivity index (χ0v) is 8.23. The molecule has 1 nitrogen and oxygen atoms in total. The molecule has 1 N–H and O–H groups in total. The maximum absolute atomic E-state index is 3.84. The van der Waals surface area contributed by atoms with Gasteiger partial charge in [0.25, 0.3) is 0 Å². The van der Waals surface area contributed by atoms with Crippen molar-refractivity contribution < 1.29 is 0 Å². The lowest BCUT2D eigenvalue weighted by Gasteiger charge is -2.31. The molecule has 1 atom stereocenters. The molecule has 0 aromatic carbocycles. The maximum Gasteiger partial charge on any atom is 0.0213 e. The molecule has 1 heteroatoms. The Balaban J connectivity index is 2.54. The first-order chi connectivity index (χ1) is 5.83. The van der Waals surface area contributed by atoms with E-state index >= 15 is 0 Å². The summed E-state index contributed by atoms with van der Waals surface area (Å²) in [6, 6.07) is 0. The van der Waals surface area contributed by atoms with E-state index in [1.165, 1.54) is 38.6 Å². The summed E-state index contributed by atoms with van der Waals surface area (Å²) >= 11 is 0. The predicted molar refractivity (Wildman–Crippen MR) is 54.3 cm³/mol. The van der Waals surface area contributed by atoms with Gasteiger partial charge in [-0.25, -0.2) is 0 Å². The minimum Gasteiger partial charge on any atom is -0.311 e. The van der Waals surface area contributed by atoms with Gasteiger partial charge in [-0.15, -0.1) is 6.58 Å². The summed E-state index contributed by atoms with van der Waals surface area (Å²) in [5.41, 5.74) is 0.387. The maximum atomic E-state index is 3.84. The topological polar surface area (TPSA) is 12.0 Å². The van der Waals surface area contributed by atoms with E-state index in [9.17, 15) is 0 Å². The molecule has 12 heavy (non-hydrogen) atoms. The lowest BCUT2D eigenvalue weighted by molar-refractivity contribution is 0.308. The molecule has 0 spiro atoms. The number of hydrogen-bond donors (Lipinski definition) is 1. The van der Waals surface area contributed by atoms with Gasteiger partial charge in [0.2, 0.25) is 0 Å². The van der Waals surface area contributed by atoms with E-state index in [-0.39, 0.29) is 0 Å². The van der Waals surface area contributed by atoms with Crippen LogP contribution in [0.15, 0.2) is 12.7 Å². The van der Waals surface area contributed by atoms with E-state index in [1.807, 2.05) is 0 Å². The van der Waals surface area contributed by atoms with Crippen LogP contribution in [0.25, 0.3) is 0 Å². The molecule has 0 amide bonds. The SMILES string of the molecule is C=CCC1(CC)CCCCCN1. The minimum atomic E-state index is 0.387. The van der Waals surface area contributed by atoms with Crippen LogP contribution in [0.3, 0.4) is 0 Å². The van der Waals surface area contributed by atoms with Crippen LogP contribution in [-0.4, -0.2) is 12.1 Å². The predicted octanol–water partition coefficient (Wildman–Crippen LogP) is 2.87. The molecule has 0 saturated carbocycles. The highest BCUT2D eigenvalue weighted by molar-refractivity contribution is 4.93. The third kappa shape index (κ3) is 2.34. The second-order valence-electron chi connectivity index (χ2n) is 3.86. The molecule has 1 rings (SSSR count).